The summed E-state index contributed by atoms with van der Waals surface area (Å²) in [6, 6.07) is 0. The van der Waals surface area contributed by atoms with Crippen molar-refractivity contribution in [2.24, 2.45) is 0 Å². The lowest BCUT2D eigenvalue weighted by Crippen LogP contribution is -2.61. The smallest absolute Gasteiger partial charge is 0.306 e. The van der Waals surface area contributed by atoms with Gasteiger partial charge in [-0.25, -0.2) is 0 Å². The van der Waals surface area contributed by atoms with Crippen LogP contribution < -0.4 is 0 Å². The molecule has 0 bridgehead atoms. The van der Waals surface area contributed by atoms with Crippen molar-refractivity contribution in [2.75, 3.05) is 26.4 Å². The molecule has 0 radical (unpaired) electrons. The predicted octanol–water partition coefficient (Wildman–Crippen LogP) is 6.37. The van der Waals surface area contributed by atoms with Gasteiger partial charge >= 0.3 is 11.9 Å². The molecule has 15 nitrogen and oxygen atoms in total. The Bertz CT molecular complexity index is 1230. The number of hydrogen-bond acceptors (Lipinski definition) is 15. The van der Waals surface area contributed by atoms with E-state index in [0.717, 1.165) is 57.8 Å². The third-order valence-electron chi connectivity index (χ3n) is 12.0. The van der Waals surface area contributed by atoms with E-state index in [4.69, 9.17) is 28.4 Å². The zero-order valence-corrected chi connectivity index (χ0v) is 39.3. The van der Waals surface area contributed by atoms with Gasteiger partial charge in [-0.15, -0.1) is 5.73 Å². The molecule has 15 heteroatoms. The molecule has 0 saturated carbocycles. The number of esters is 2. The molecule has 2 heterocycles. The molecule has 4 unspecified atom stereocenters. The zero-order chi connectivity index (χ0) is 46.8. The molecule has 64 heavy (non-hydrogen) atoms. The van der Waals surface area contributed by atoms with Gasteiger partial charge in [0.15, 0.2) is 18.7 Å². The Labute approximate surface area is 383 Å². The quantitative estimate of drug-likeness (QED) is 0.0203. The number of carbonyl (C=O) groups is 2. The molecule has 2 saturated heterocycles. The lowest BCUT2D eigenvalue weighted by Gasteiger charge is -2.42. The molecule has 2 fully saturated rings. The van der Waals surface area contributed by atoms with Crippen molar-refractivity contribution in [1.82, 2.24) is 0 Å². The molecule has 7 N–H and O–H groups in total. The Hall–Kier alpha value is -1.98. The minimum atomic E-state index is -1.76. The van der Waals surface area contributed by atoms with E-state index in [9.17, 15) is 45.3 Å². The van der Waals surface area contributed by atoms with Crippen molar-refractivity contribution in [2.45, 2.75) is 255 Å². The van der Waals surface area contributed by atoms with Crippen LogP contribution in [0.2, 0.25) is 0 Å². The number of carbonyl (C=O) groups excluding carboxylic acids is 2. The molecular weight excluding hydrogens is 829 g/mol. The first-order valence-corrected chi connectivity index (χ1v) is 25.0. The minimum absolute atomic E-state index is 0.148. The van der Waals surface area contributed by atoms with E-state index < -0.39 is 92.7 Å². The molecule has 0 spiro atoms. The second-order valence-electron chi connectivity index (χ2n) is 17.8. The maximum absolute atomic E-state index is 13.0. The van der Waals surface area contributed by atoms with E-state index >= 15 is 0 Å². The van der Waals surface area contributed by atoms with Crippen LogP contribution in [0.5, 0.6) is 0 Å². The number of ether oxygens (including phenoxy) is 6. The maximum atomic E-state index is 13.0. The number of unbranched alkanes of at least 4 members (excludes halogenated alkanes) is 22. The highest BCUT2D eigenvalue weighted by Gasteiger charge is 2.47. The normalized spacial score (nSPS) is 26.3. The molecule has 2 rings (SSSR count). The molecule has 374 valence electrons. The van der Waals surface area contributed by atoms with E-state index in [1.54, 1.807) is 0 Å². The van der Waals surface area contributed by atoms with Gasteiger partial charge in [0.2, 0.25) is 0 Å². The fourth-order valence-corrected chi connectivity index (χ4v) is 7.84. The monoisotopic (exact) mass is 917 g/mol. The van der Waals surface area contributed by atoms with Crippen LogP contribution in [-0.2, 0) is 38.0 Å². The number of rotatable bonds is 38. The van der Waals surface area contributed by atoms with Crippen molar-refractivity contribution < 1.29 is 73.8 Å². The Morgan fingerprint density at radius 2 is 0.938 bits per heavy atom. The molecular formula is C49H88O15. The molecule has 0 aromatic heterocycles. The van der Waals surface area contributed by atoms with E-state index in [2.05, 4.69) is 31.7 Å². The van der Waals surface area contributed by atoms with Gasteiger partial charge in [-0.3, -0.25) is 9.59 Å². The summed E-state index contributed by atoms with van der Waals surface area (Å²) < 4.78 is 33.5. The minimum Gasteiger partial charge on any atom is -0.462 e. The fourth-order valence-electron chi connectivity index (χ4n) is 7.84. The predicted molar refractivity (Wildman–Crippen MR) is 242 cm³/mol. The van der Waals surface area contributed by atoms with E-state index in [0.29, 0.717) is 12.8 Å². The van der Waals surface area contributed by atoms with Crippen LogP contribution in [0.3, 0.4) is 0 Å². The summed E-state index contributed by atoms with van der Waals surface area (Å²) in [5.74, 6) is -0.940. The lowest BCUT2D eigenvalue weighted by molar-refractivity contribution is -0.332. The van der Waals surface area contributed by atoms with Crippen LogP contribution in [0.4, 0.5) is 0 Å². The SMILES string of the molecule is CCCCCCCC=C=CCCCCCCCC(=O)O[C@H](COC(=O)CCCCCCCCCCCCCCC)CO[C@@H]1O[C@H](CO[C@@H]2O[C@H](CO)[C@H](O)C(O)C2O)[C@H](O)C(O)C1O. The first kappa shape index (κ1) is 58.1. The van der Waals surface area contributed by atoms with Crippen molar-refractivity contribution in [1.29, 1.82) is 0 Å². The van der Waals surface area contributed by atoms with Crippen molar-refractivity contribution in [3.8, 4) is 0 Å². The highest BCUT2D eigenvalue weighted by atomic mass is 16.7. The van der Waals surface area contributed by atoms with Gasteiger partial charge in [-0.05, 0) is 50.7 Å². The summed E-state index contributed by atoms with van der Waals surface area (Å²) in [5.41, 5.74) is 3.28. The van der Waals surface area contributed by atoms with Gasteiger partial charge in [0, 0.05) is 12.8 Å². The van der Waals surface area contributed by atoms with Gasteiger partial charge < -0.3 is 64.2 Å². The lowest BCUT2D eigenvalue weighted by atomic mass is 9.98. The second-order valence-corrected chi connectivity index (χ2v) is 17.8. The molecule has 0 aliphatic carbocycles. The number of hydrogen-bond donors (Lipinski definition) is 7. The van der Waals surface area contributed by atoms with Crippen LogP contribution in [0.15, 0.2) is 17.9 Å². The van der Waals surface area contributed by atoms with Crippen LogP contribution in [-0.4, -0.2) is 142 Å². The molecule has 0 aromatic rings. The highest BCUT2D eigenvalue weighted by Crippen LogP contribution is 2.26. The van der Waals surface area contributed by atoms with Crippen molar-refractivity contribution >= 4 is 11.9 Å². The van der Waals surface area contributed by atoms with Gasteiger partial charge in [0.25, 0.3) is 0 Å². The number of aliphatic hydroxyl groups is 7. The van der Waals surface area contributed by atoms with Gasteiger partial charge in [0.1, 0.15) is 55.4 Å². The fraction of sp³-hybridized carbons (Fsp3) is 0.898. The van der Waals surface area contributed by atoms with Crippen molar-refractivity contribution in [3.05, 3.63) is 17.9 Å². The first-order valence-electron chi connectivity index (χ1n) is 25.0. The molecule has 2 aliphatic rings. The van der Waals surface area contributed by atoms with Crippen molar-refractivity contribution in [3.63, 3.8) is 0 Å². The summed E-state index contributed by atoms with van der Waals surface area (Å²) in [5, 5.41) is 72.0. The molecule has 0 amide bonds. The van der Waals surface area contributed by atoms with Crippen LogP contribution in [0, 0.1) is 0 Å². The van der Waals surface area contributed by atoms with Gasteiger partial charge in [-0.1, -0.05) is 136 Å². The number of aliphatic hydroxyl groups excluding tert-OH is 7. The van der Waals surface area contributed by atoms with Gasteiger partial charge in [-0.2, -0.15) is 0 Å². The number of allylic oxidation sites excluding steroid dienone is 1. The Kier molecular flexibility index (Phi) is 33.7. The summed E-state index contributed by atoms with van der Waals surface area (Å²) in [7, 11) is 0. The third kappa shape index (κ3) is 25.2. The van der Waals surface area contributed by atoms with Gasteiger partial charge in [0.05, 0.1) is 19.8 Å². The Morgan fingerprint density at radius 1 is 0.516 bits per heavy atom. The average molecular weight is 917 g/mol. The third-order valence-corrected chi connectivity index (χ3v) is 12.0. The summed E-state index contributed by atoms with van der Waals surface area (Å²) in [4.78, 5) is 25.7. The Morgan fingerprint density at radius 3 is 1.44 bits per heavy atom. The first-order chi connectivity index (χ1) is 31.0. The summed E-state index contributed by atoms with van der Waals surface area (Å²) in [6.07, 6.45) is 15.9. The topological polar surface area (TPSA) is 231 Å². The largest absolute Gasteiger partial charge is 0.462 e. The standard InChI is InChI=1S/C49H88O15/c1-3-5-7-9-11-13-15-17-18-20-22-24-26-28-30-32-41(52)62-37(34-59-40(51)31-29-27-25-23-21-19-16-14-12-10-8-6-4-2)35-60-48-47(58)45(56)43(54)39(64-48)36-61-49-46(57)44(55)42(53)38(33-50)63-49/h15,18,37-39,42-50,53-58H,3-14,16,19-36H2,1-2H3/t17?,37-,38-,39-,42+,43+,44?,45?,46?,47?,48-,49-/m1/s1. The summed E-state index contributed by atoms with van der Waals surface area (Å²) in [6.45, 7) is 2.55. The van der Waals surface area contributed by atoms with Crippen LogP contribution in [0.1, 0.15) is 187 Å². The van der Waals surface area contributed by atoms with Crippen LogP contribution in [0.25, 0.3) is 0 Å². The van der Waals surface area contributed by atoms with E-state index in [-0.39, 0.29) is 26.1 Å². The average Bonchev–Trinajstić information content (AvgIpc) is 3.29. The molecule has 11 atom stereocenters. The second kappa shape index (κ2) is 37.1. The van der Waals surface area contributed by atoms with E-state index in [1.807, 2.05) is 0 Å². The van der Waals surface area contributed by atoms with Crippen LogP contribution >= 0.6 is 0 Å². The van der Waals surface area contributed by atoms with E-state index in [1.165, 1.54) is 89.9 Å². The zero-order valence-electron chi connectivity index (χ0n) is 39.3. The highest BCUT2D eigenvalue weighted by molar-refractivity contribution is 5.70. The maximum Gasteiger partial charge on any atom is 0.306 e. The molecule has 0 aromatic carbocycles. The summed E-state index contributed by atoms with van der Waals surface area (Å²) >= 11 is 0. The Balaban J connectivity index is 1.84. The molecule has 2 aliphatic heterocycles.